The van der Waals surface area contributed by atoms with Crippen molar-refractivity contribution in [3.8, 4) is 22.3 Å². The topological polar surface area (TPSA) is 116 Å². The van der Waals surface area contributed by atoms with Crippen molar-refractivity contribution in [3.63, 3.8) is 0 Å². The molecule has 1 aliphatic heterocycles. The van der Waals surface area contributed by atoms with Crippen molar-refractivity contribution in [1.82, 2.24) is 29.8 Å². The number of nitrogens with zero attached hydrogens (tertiary/aromatic N) is 5. The van der Waals surface area contributed by atoms with Gasteiger partial charge in [0.2, 0.25) is 5.91 Å². The van der Waals surface area contributed by atoms with Gasteiger partial charge in [-0.1, -0.05) is 60.7 Å². The molecule has 12 heteroatoms. The van der Waals surface area contributed by atoms with Crippen molar-refractivity contribution in [2.75, 3.05) is 62.7 Å². The minimum Gasteiger partial charge on any atom is -0.379 e. The molecule has 1 saturated heterocycles. The zero-order chi connectivity index (χ0) is 39.7. The Morgan fingerprint density at radius 2 is 1.52 bits per heavy atom. The molecular formula is C44H57N7O4S. The summed E-state index contributed by atoms with van der Waals surface area (Å²) in [6.45, 7) is 9.68. The van der Waals surface area contributed by atoms with Crippen LogP contribution in [0.2, 0.25) is 0 Å². The van der Waals surface area contributed by atoms with Gasteiger partial charge in [0.05, 0.1) is 25.5 Å². The van der Waals surface area contributed by atoms with E-state index in [-0.39, 0.29) is 11.8 Å². The minimum atomic E-state index is -0.741. The number of nitrogens with one attached hydrogen (secondary N) is 2. The summed E-state index contributed by atoms with van der Waals surface area (Å²) in [6.07, 6.45) is 10.4. The lowest BCUT2D eigenvalue weighted by Crippen LogP contribution is -2.44. The second kappa shape index (κ2) is 18.9. The molecule has 56 heavy (non-hydrogen) atoms. The fraction of sp³-hybridized carbons (Fsp3) is 0.409. The van der Waals surface area contributed by atoms with Crippen LogP contribution in [-0.4, -0.2) is 99.7 Å². The molecule has 0 spiro atoms. The highest BCUT2D eigenvalue weighted by atomic mass is 32.3. The molecule has 298 valence electrons. The molecular weight excluding hydrogens is 723 g/mol. The largest absolute Gasteiger partial charge is 0.379 e. The van der Waals surface area contributed by atoms with Crippen LogP contribution >= 0.6 is 10.0 Å². The highest BCUT2D eigenvalue weighted by molar-refractivity contribution is 8.32. The number of aryl methyl sites for hydroxylation is 3. The first-order valence-corrected chi connectivity index (χ1v) is 22.4. The number of morpholine rings is 1. The third-order valence-electron chi connectivity index (χ3n) is 10.3. The first-order valence-electron chi connectivity index (χ1n) is 19.4. The Balaban J connectivity index is 1.06. The van der Waals surface area contributed by atoms with E-state index >= 15 is 0 Å². The maximum absolute atomic E-state index is 13.8. The Hall–Kier alpha value is -4.75. The van der Waals surface area contributed by atoms with Crippen molar-refractivity contribution in [3.05, 3.63) is 113 Å². The van der Waals surface area contributed by atoms with E-state index in [1.807, 2.05) is 35.9 Å². The monoisotopic (exact) mass is 779 g/mol. The number of aromatic nitrogens is 4. The maximum atomic E-state index is 13.8. The Labute approximate surface area is 333 Å². The molecule has 2 aromatic heterocycles. The number of carbonyl (C=O) groups excluding carboxylic acids is 2. The first kappa shape index (κ1) is 40.9. The van der Waals surface area contributed by atoms with Crippen LogP contribution in [0.5, 0.6) is 0 Å². The van der Waals surface area contributed by atoms with Crippen molar-refractivity contribution in [2.24, 2.45) is 7.05 Å². The van der Waals surface area contributed by atoms with Gasteiger partial charge in [0.1, 0.15) is 18.5 Å². The number of carbonyl (C=O) groups is 2. The third kappa shape index (κ3) is 11.2. The van der Waals surface area contributed by atoms with Gasteiger partial charge in [-0.05, 0) is 97.9 Å². The number of anilines is 1. The molecule has 0 saturated carbocycles. The molecule has 6 rings (SSSR count). The molecule has 1 fully saturated rings. The zero-order valence-corrected chi connectivity index (χ0v) is 34.5. The molecule has 1 aliphatic rings. The van der Waals surface area contributed by atoms with Gasteiger partial charge in [-0.15, -0.1) is 0 Å². The molecule has 11 nitrogen and oxygen atoms in total. The molecule has 3 aromatic carbocycles. The summed E-state index contributed by atoms with van der Waals surface area (Å²) in [5.41, 5.74) is 9.90. The van der Waals surface area contributed by atoms with Crippen LogP contribution in [0, 0.1) is 13.8 Å². The molecule has 2 amide bonds. The van der Waals surface area contributed by atoms with Gasteiger partial charge in [0.25, 0.3) is 5.91 Å². The summed E-state index contributed by atoms with van der Waals surface area (Å²) in [7, 11) is 1.10. The van der Waals surface area contributed by atoms with Gasteiger partial charge < -0.3 is 20.1 Å². The lowest BCUT2D eigenvalue weighted by atomic mass is 9.99. The summed E-state index contributed by atoms with van der Waals surface area (Å²) in [5.74, 6) is 0.448. The summed E-state index contributed by atoms with van der Waals surface area (Å²) < 4.78 is 14.9. The number of rotatable bonds is 17. The number of benzene rings is 3. The first-order chi connectivity index (χ1) is 26.9. The molecule has 0 aliphatic carbocycles. The summed E-state index contributed by atoms with van der Waals surface area (Å²) in [6, 6.07) is 26.1. The van der Waals surface area contributed by atoms with Crippen LogP contribution in [-0.2, 0) is 41.0 Å². The van der Waals surface area contributed by atoms with Crippen LogP contribution in [0.3, 0.4) is 0 Å². The lowest BCUT2D eigenvalue weighted by Gasteiger charge is -2.26. The van der Waals surface area contributed by atoms with Gasteiger partial charge in [-0.3, -0.25) is 19.2 Å². The molecule has 5 aromatic rings. The van der Waals surface area contributed by atoms with Crippen molar-refractivity contribution in [1.29, 1.82) is 0 Å². The van der Waals surface area contributed by atoms with Gasteiger partial charge in [-0.25, -0.2) is 14.7 Å². The van der Waals surface area contributed by atoms with Gasteiger partial charge >= 0.3 is 0 Å². The Bertz CT molecular complexity index is 2040. The van der Waals surface area contributed by atoms with E-state index in [2.05, 4.69) is 94.9 Å². The predicted octanol–water partition coefficient (Wildman–Crippen LogP) is 6.83. The smallest absolute Gasteiger partial charge is 0.270 e. The second-order valence-electron chi connectivity index (χ2n) is 15.5. The lowest BCUT2D eigenvalue weighted by molar-refractivity contribution is -0.118. The number of hydrogen-bond donors (Lipinski definition) is 2. The molecule has 0 bridgehead atoms. The SMILES string of the molecule is Cc1nn(COCCS(C)(C)C)c(C)c1-c1ccc(NC(=O)C(CCCc2ccc(-c3ccc(CN4CCOCC4)cc3)cc2)NC(=O)c2ccnn2C)cc1. The van der Waals surface area contributed by atoms with Crippen LogP contribution in [0.4, 0.5) is 5.69 Å². The Morgan fingerprint density at radius 3 is 2.14 bits per heavy atom. The number of amides is 2. The average molecular weight is 780 g/mol. The van der Waals surface area contributed by atoms with Gasteiger partial charge in [-0.2, -0.15) is 10.2 Å². The van der Waals surface area contributed by atoms with Crippen LogP contribution in [0.1, 0.15) is 45.8 Å². The second-order valence-corrected chi connectivity index (χ2v) is 20.1. The number of ether oxygens (including phenoxy) is 2. The molecule has 1 unspecified atom stereocenters. The van der Waals surface area contributed by atoms with E-state index in [1.165, 1.54) is 26.9 Å². The van der Waals surface area contributed by atoms with Crippen molar-refractivity contribution < 1.29 is 19.1 Å². The highest BCUT2D eigenvalue weighted by Crippen LogP contribution is 2.34. The van der Waals surface area contributed by atoms with Crippen LogP contribution in [0.15, 0.2) is 85.1 Å². The normalized spacial score (nSPS) is 14.4. The number of hydrogen-bond acceptors (Lipinski definition) is 7. The Kier molecular flexibility index (Phi) is 13.8. The van der Waals surface area contributed by atoms with Gasteiger partial charge in [0.15, 0.2) is 0 Å². The van der Waals surface area contributed by atoms with Gasteiger partial charge in [0, 0.05) is 55.6 Å². The van der Waals surface area contributed by atoms with E-state index in [0.29, 0.717) is 37.6 Å². The predicted molar refractivity (Wildman–Crippen MR) is 227 cm³/mol. The zero-order valence-electron chi connectivity index (χ0n) is 33.7. The molecule has 1 atom stereocenters. The molecule has 0 radical (unpaired) electrons. The quantitative estimate of drug-likeness (QED) is 0.0996. The van der Waals surface area contributed by atoms with Crippen LogP contribution < -0.4 is 10.6 Å². The Morgan fingerprint density at radius 1 is 0.875 bits per heavy atom. The third-order valence-corrected chi connectivity index (χ3v) is 11.7. The van der Waals surface area contributed by atoms with E-state index in [9.17, 15) is 9.59 Å². The average Bonchev–Trinajstić information content (AvgIpc) is 3.74. The molecule has 2 N–H and O–H groups in total. The van der Waals surface area contributed by atoms with Crippen molar-refractivity contribution >= 4 is 27.5 Å². The van der Waals surface area contributed by atoms with Crippen molar-refractivity contribution in [2.45, 2.75) is 52.4 Å². The summed E-state index contributed by atoms with van der Waals surface area (Å²) in [4.78, 5) is 29.4. The highest BCUT2D eigenvalue weighted by Gasteiger charge is 2.23. The maximum Gasteiger partial charge on any atom is 0.270 e. The fourth-order valence-corrected chi connectivity index (χ4v) is 7.56. The van der Waals surface area contributed by atoms with E-state index in [0.717, 1.165) is 67.5 Å². The van der Waals surface area contributed by atoms with E-state index in [4.69, 9.17) is 14.6 Å². The van der Waals surface area contributed by atoms with E-state index in [1.54, 1.807) is 19.3 Å². The fourth-order valence-electron chi connectivity index (χ4n) is 6.94. The molecule has 3 heterocycles. The summed E-state index contributed by atoms with van der Waals surface area (Å²) in [5, 5.41) is 14.9. The van der Waals surface area contributed by atoms with Crippen LogP contribution in [0.25, 0.3) is 22.3 Å². The summed E-state index contributed by atoms with van der Waals surface area (Å²) >= 11 is 0. The standard InChI is InChI=1S/C44H57N7O4S/c1-32-42(33(2)51(48-32)31-55-28-29-56(4,5)6)38-18-20-39(21-19-38)46-43(52)40(47-44(53)41-22-23-45-49(41)3)9-7-8-34-10-14-36(15-11-34)37-16-12-35(13-17-37)30-50-24-26-54-27-25-50/h10-23,40H,7-9,24-31H2,1-6H3,(H,46,52)(H,47,53). The minimum absolute atomic E-state index is 0.268. The van der Waals surface area contributed by atoms with E-state index < -0.39 is 16.1 Å².